The van der Waals surface area contributed by atoms with E-state index in [-0.39, 0.29) is 22.5 Å². The maximum absolute atomic E-state index is 12.7. The first kappa shape index (κ1) is 20.3. The number of aromatic carboxylic acids is 1. The number of thiophene rings is 1. The van der Waals surface area contributed by atoms with Crippen LogP contribution in [-0.4, -0.2) is 46.1 Å². The van der Waals surface area contributed by atoms with Crippen molar-refractivity contribution >= 4 is 56.7 Å². The van der Waals surface area contributed by atoms with Gasteiger partial charge in [0.2, 0.25) is 0 Å². The smallest absolute Gasteiger partial charge is 0.348 e. The Labute approximate surface area is 180 Å². The van der Waals surface area contributed by atoms with Crippen molar-refractivity contribution in [3.8, 4) is 0 Å². The Morgan fingerprint density at radius 3 is 2.77 bits per heavy atom. The predicted octanol–water partition coefficient (Wildman–Crippen LogP) is 3.22. The van der Waals surface area contributed by atoms with E-state index in [0.29, 0.717) is 16.5 Å². The number of hydrogen-bond acceptors (Lipinski definition) is 9. The molecule has 0 radical (unpaired) electrons. The van der Waals surface area contributed by atoms with Gasteiger partial charge in [0.05, 0.1) is 23.3 Å². The Morgan fingerprint density at radius 1 is 1.20 bits per heavy atom. The number of pyridine rings is 1. The summed E-state index contributed by atoms with van der Waals surface area (Å²) in [4.78, 5) is 34.8. The van der Waals surface area contributed by atoms with Crippen molar-refractivity contribution in [3.63, 3.8) is 0 Å². The van der Waals surface area contributed by atoms with E-state index in [9.17, 15) is 14.7 Å². The monoisotopic (exact) mass is 444 g/mol. The third-order valence-corrected chi connectivity index (χ3v) is 6.42. The van der Waals surface area contributed by atoms with Crippen LogP contribution in [-0.2, 0) is 0 Å². The molecule has 11 heteroatoms. The Balaban J connectivity index is 1.46. The van der Waals surface area contributed by atoms with Gasteiger partial charge in [0.15, 0.2) is 5.13 Å². The normalized spacial score (nSPS) is 14.5. The van der Waals surface area contributed by atoms with Gasteiger partial charge in [0, 0.05) is 30.7 Å². The number of carboxylic acids is 1. The highest BCUT2D eigenvalue weighted by molar-refractivity contribution is 7.14. The molecule has 0 spiro atoms. The second kappa shape index (κ2) is 8.78. The highest BCUT2D eigenvalue weighted by Crippen LogP contribution is 2.30. The number of rotatable bonds is 6. The summed E-state index contributed by atoms with van der Waals surface area (Å²) in [5.74, 6) is -1.36. The Bertz CT molecular complexity index is 1060. The summed E-state index contributed by atoms with van der Waals surface area (Å²) in [7, 11) is 0. The van der Waals surface area contributed by atoms with Crippen LogP contribution in [0.25, 0.3) is 0 Å². The van der Waals surface area contributed by atoms with E-state index in [4.69, 9.17) is 5.73 Å². The molecule has 0 saturated carbocycles. The second-order valence-corrected chi connectivity index (χ2v) is 8.58. The van der Waals surface area contributed by atoms with E-state index in [2.05, 4.69) is 25.5 Å². The van der Waals surface area contributed by atoms with E-state index in [1.807, 2.05) is 6.07 Å². The maximum Gasteiger partial charge on any atom is 0.348 e. The standard InChI is InChI=1S/C19H20N6O3S2/c20-11-2-6-25(7-3-11)15-1-5-21-9-13(15)22-17(26)14-10-30-19(24-14)23-12-4-8-29-16(12)18(27)28/h1,4-5,8-11H,2-3,6-7,20H2,(H,22,26)(H,23,24)(H,27,28). The fourth-order valence-corrected chi connectivity index (χ4v) is 4.60. The van der Waals surface area contributed by atoms with Gasteiger partial charge >= 0.3 is 5.97 Å². The number of nitrogens with one attached hydrogen (secondary N) is 2. The molecule has 0 aromatic carbocycles. The number of piperidine rings is 1. The van der Waals surface area contributed by atoms with Crippen LogP contribution in [0.1, 0.15) is 33.0 Å². The van der Waals surface area contributed by atoms with Crippen molar-refractivity contribution < 1.29 is 14.7 Å². The molecule has 3 aromatic heterocycles. The Morgan fingerprint density at radius 2 is 2.00 bits per heavy atom. The minimum absolute atomic E-state index is 0.192. The molecule has 1 aliphatic heterocycles. The van der Waals surface area contributed by atoms with Gasteiger partial charge in [-0.05, 0) is 30.4 Å². The highest BCUT2D eigenvalue weighted by atomic mass is 32.1. The third-order valence-electron chi connectivity index (χ3n) is 4.76. The summed E-state index contributed by atoms with van der Waals surface area (Å²) in [5.41, 5.74) is 8.21. The van der Waals surface area contributed by atoms with Crippen molar-refractivity contribution in [3.05, 3.63) is 45.9 Å². The lowest BCUT2D eigenvalue weighted by molar-refractivity contribution is 0.0703. The molecular formula is C19H20N6O3S2. The number of anilines is 4. The van der Waals surface area contributed by atoms with Crippen LogP contribution in [0.3, 0.4) is 0 Å². The zero-order chi connectivity index (χ0) is 21.1. The molecule has 156 valence electrons. The van der Waals surface area contributed by atoms with Crippen LogP contribution in [0.5, 0.6) is 0 Å². The lowest BCUT2D eigenvalue weighted by Gasteiger charge is -2.33. The predicted molar refractivity (Wildman–Crippen MR) is 118 cm³/mol. The topological polar surface area (TPSA) is 133 Å². The summed E-state index contributed by atoms with van der Waals surface area (Å²) < 4.78 is 0. The van der Waals surface area contributed by atoms with Gasteiger partial charge in [-0.3, -0.25) is 9.78 Å². The fraction of sp³-hybridized carbons (Fsp3) is 0.263. The zero-order valence-corrected chi connectivity index (χ0v) is 17.5. The van der Waals surface area contributed by atoms with Crippen LogP contribution >= 0.6 is 22.7 Å². The number of carbonyl (C=O) groups is 2. The van der Waals surface area contributed by atoms with Gasteiger partial charge in [-0.25, -0.2) is 9.78 Å². The molecule has 0 bridgehead atoms. The van der Waals surface area contributed by atoms with Crippen molar-refractivity contribution in [1.29, 1.82) is 0 Å². The van der Waals surface area contributed by atoms with Gasteiger partial charge in [0.1, 0.15) is 10.6 Å². The van der Waals surface area contributed by atoms with Gasteiger partial charge < -0.3 is 26.4 Å². The number of carbonyl (C=O) groups excluding carboxylic acids is 1. The number of nitrogens with two attached hydrogens (primary N) is 1. The molecule has 1 saturated heterocycles. The Kier molecular flexibility index (Phi) is 5.93. The van der Waals surface area contributed by atoms with Crippen LogP contribution in [0.2, 0.25) is 0 Å². The minimum atomic E-state index is -1.01. The van der Waals surface area contributed by atoms with Crippen molar-refractivity contribution in [2.24, 2.45) is 5.73 Å². The molecule has 3 aromatic rings. The summed E-state index contributed by atoms with van der Waals surface area (Å²) in [6.45, 7) is 1.65. The second-order valence-electron chi connectivity index (χ2n) is 6.80. The summed E-state index contributed by atoms with van der Waals surface area (Å²) in [6, 6.07) is 3.76. The fourth-order valence-electron chi connectivity index (χ4n) is 3.21. The first-order valence-electron chi connectivity index (χ1n) is 9.30. The van der Waals surface area contributed by atoms with E-state index in [0.717, 1.165) is 43.0 Å². The molecule has 1 fully saturated rings. The van der Waals surface area contributed by atoms with Gasteiger partial charge in [0.25, 0.3) is 5.91 Å². The molecule has 5 N–H and O–H groups in total. The van der Waals surface area contributed by atoms with Gasteiger partial charge in [-0.1, -0.05) is 0 Å². The molecular weight excluding hydrogens is 424 g/mol. The van der Waals surface area contributed by atoms with Crippen LogP contribution in [0.4, 0.5) is 22.2 Å². The van der Waals surface area contributed by atoms with E-state index in [1.54, 1.807) is 29.2 Å². The van der Waals surface area contributed by atoms with Gasteiger partial charge in [-0.2, -0.15) is 0 Å². The highest BCUT2D eigenvalue weighted by Gasteiger charge is 2.21. The lowest BCUT2D eigenvalue weighted by Crippen LogP contribution is -2.40. The summed E-state index contributed by atoms with van der Waals surface area (Å²) in [6.07, 6.45) is 5.12. The SMILES string of the molecule is NC1CCN(c2ccncc2NC(=O)c2csc(Nc3ccsc3C(=O)O)n2)CC1. The van der Waals surface area contributed by atoms with Crippen molar-refractivity contribution in [1.82, 2.24) is 9.97 Å². The molecule has 0 atom stereocenters. The minimum Gasteiger partial charge on any atom is -0.477 e. The number of hydrogen-bond donors (Lipinski definition) is 4. The van der Waals surface area contributed by atoms with Crippen LogP contribution in [0, 0.1) is 0 Å². The van der Waals surface area contributed by atoms with Gasteiger partial charge in [-0.15, -0.1) is 22.7 Å². The number of aromatic nitrogens is 2. The third kappa shape index (κ3) is 4.42. The summed E-state index contributed by atoms with van der Waals surface area (Å²) >= 11 is 2.35. The van der Waals surface area contributed by atoms with E-state index >= 15 is 0 Å². The van der Waals surface area contributed by atoms with Crippen LogP contribution < -0.4 is 21.3 Å². The average molecular weight is 445 g/mol. The van der Waals surface area contributed by atoms with Crippen molar-refractivity contribution in [2.45, 2.75) is 18.9 Å². The number of carboxylic acid groups (broad SMARTS) is 1. The molecule has 1 amide bonds. The van der Waals surface area contributed by atoms with Crippen LogP contribution in [0.15, 0.2) is 35.3 Å². The number of amides is 1. The molecule has 1 aliphatic rings. The lowest BCUT2D eigenvalue weighted by atomic mass is 10.1. The quantitative estimate of drug-likeness (QED) is 0.455. The molecule has 0 aliphatic carbocycles. The van der Waals surface area contributed by atoms with Crippen molar-refractivity contribution in [2.75, 3.05) is 28.6 Å². The first-order valence-corrected chi connectivity index (χ1v) is 11.1. The Hall–Kier alpha value is -3.02. The molecule has 4 heterocycles. The maximum atomic E-state index is 12.7. The molecule has 4 rings (SSSR count). The largest absolute Gasteiger partial charge is 0.477 e. The molecule has 0 unspecified atom stereocenters. The zero-order valence-electron chi connectivity index (χ0n) is 15.9. The van der Waals surface area contributed by atoms with E-state index < -0.39 is 5.97 Å². The molecule has 30 heavy (non-hydrogen) atoms. The molecule has 9 nitrogen and oxygen atoms in total. The number of nitrogens with zero attached hydrogens (tertiary/aromatic N) is 3. The first-order chi connectivity index (χ1) is 14.5. The summed E-state index contributed by atoms with van der Waals surface area (Å²) in [5, 5.41) is 18.8. The van der Waals surface area contributed by atoms with E-state index in [1.165, 1.54) is 11.3 Å². The number of thiazole rings is 1. The average Bonchev–Trinajstić information content (AvgIpc) is 3.39.